The minimum absolute atomic E-state index is 0.0576. The molecule has 1 aromatic carbocycles. The summed E-state index contributed by atoms with van der Waals surface area (Å²) < 4.78 is 13.1. The number of hydrogen-bond donors (Lipinski definition) is 1. The average Bonchev–Trinajstić information content (AvgIpc) is 2.23. The van der Waals surface area contributed by atoms with Crippen molar-refractivity contribution in [3.05, 3.63) is 34.6 Å². The molecule has 1 atom stereocenters. The van der Waals surface area contributed by atoms with E-state index in [-0.39, 0.29) is 17.2 Å². The molecule has 0 aliphatic carbocycles. The molecular weight excluding hydrogens is 229 g/mol. The van der Waals surface area contributed by atoms with Gasteiger partial charge in [0.1, 0.15) is 5.82 Å². The third-order valence-electron chi connectivity index (χ3n) is 2.72. The first kappa shape index (κ1) is 13.1. The van der Waals surface area contributed by atoms with Gasteiger partial charge in [0, 0.05) is 6.42 Å². The van der Waals surface area contributed by atoms with Crippen LogP contribution in [-0.4, -0.2) is 11.3 Å². The SMILES string of the molecule is CCC(C)(N)C(=O)Cc1ccc(Cl)c(F)c1. The Morgan fingerprint density at radius 2 is 2.19 bits per heavy atom. The molecule has 0 aliphatic heterocycles. The van der Waals surface area contributed by atoms with Gasteiger partial charge in [0.25, 0.3) is 0 Å². The first-order valence-corrected chi connectivity index (χ1v) is 5.50. The maximum Gasteiger partial charge on any atom is 0.156 e. The molecule has 2 nitrogen and oxygen atoms in total. The number of rotatable bonds is 4. The summed E-state index contributed by atoms with van der Waals surface area (Å²) >= 11 is 5.55. The van der Waals surface area contributed by atoms with Crippen LogP contribution in [0, 0.1) is 5.82 Å². The van der Waals surface area contributed by atoms with Crippen molar-refractivity contribution in [2.45, 2.75) is 32.2 Å². The van der Waals surface area contributed by atoms with Gasteiger partial charge in [-0.3, -0.25) is 4.79 Å². The monoisotopic (exact) mass is 243 g/mol. The normalized spacial score (nSPS) is 14.6. The molecule has 0 heterocycles. The first-order valence-electron chi connectivity index (χ1n) is 5.13. The maximum atomic E-state index is 13.1. The van der Waals surface area contributed by atoms with Crippen LogP contribution in [0.15, 0.2) is 18.2 Å². The Morgan fingerprint density at radius 1 is 1.56 bits per heavy atom. The summed E-state index contributed by atoms with van der Waals surface area (Å²) in [5, 5.41) is 0.0576. The van der Waals surface area contributed by atoms with E-state index in [4.69, 9.17) is 17.3 Å². The second kappa shape index (κ2) is 4.93. The lowest BCUT2D eigenvalue weighted by Gasteiger charge is -2.20. The second-order valence-electron chi connectivity index (χ2n) is 4.12. The number of ketones is 1. The summed E-state index contributed by atoms with van der Waals surface area (Å²) in [4.78, 5) is 11.8. The van der Waals surface area contributed by atoms with Crippen LogP contribution >= 0.6 is 11.6 Å². The zero-order valence-corrected chi connectivity index (χ0v) is 10.1. The highest BCUT2D eigenvalue weighted by molar-refractivity contribution is 6.30. The van der Waals surface area contributed by atoms with Crippen molar-refractivity contribution in [2.24, 2.45) is 5.73 Å². The van der Waals surface area contributed by atoms with Crippen LogP contribution in [0.25, 0.3) is 0 Å². The van der Waals surface area contributed by atoms with E-state index in [1.54, 1.807) is 13.0 Å². The Balaban J connectivity index is 2.82. The van der Waals surface area contributed by atoms with Gasteiger partial charge in [-0.15, -0.1) is 0 Å². The molecule has 0 radical (unpaired) electrons. The van der Waals surface area contributed by atoms with E-state index in [0.717, 1.165) is 0 Å². The van der Waals surface area contributed by atoms with Gasteiger partial charge in [0.15, 0.2) is 5.78 Å². The quantitative estimate of drug-likeness (QED) is 0.884. The molecule has 0 fully saturated rings. The van der Waals surface area contributed by atoms with Crippen LogP contribution < -0.4 is 5.73 Å². The van der Waals surface area contributed by atoms with Crippen LogP contribution in [0.4, 0.5) is 4.39 Å². The van der Waals surface area contributed by atoms with Crippen LogP contribution in [0.5, 0.6) is 0 Å². The van der Waals surface area contributed by atoms with E-state index in [2.05, 4.69) is 0 Å². The fourth-order valence-electron chi connectivity index (χ4n) is 1.23. The number of carbonyl (C=O) groups excluding carboxylic acids is 1. The third-order valence-corrected chi connectivity index (χ3v) is 3.03. The molecule has 1 rings (SSSR count). The van der Waals surface area contributed by atoms with Crippen LogP contribution in [0.3, 0.4) is 0 Å². The van der Waals surface area contributed by atoms with Gasteiger partial charge in [-0.25, -0.2) is 4.39 Å². The summed E-state index contributed by atoms with van der Waals surface area (Å²) in [7, 11) is 0. The second-order valence-corrected chi connectivity index (χ2v) is 4.53. The van der Waals surface area contributed by atoms with E-state index >= 15 is 0 Å². The highest BCUT2D eigenvalue weighted by Crippen LogP contribution is 2.17. The molecule has 2 N–H and O–H groups in total. The largest absolute Gasteiger partial charge is 0.319 e. The van der Waals surface area contributed by atoms with Crippen molar-refractivity contribution in [2.75, 3.05) is 0 Å². The Bertz CT molecular complexity index is 404. The van der Waals surface area contributed by atoms with Crippen molar-refractivity contribution in [3.63, 3.8) is 0 Å². The highest BCUT2D eigenvalue weighted by Gasteiger charge is 2.25. The van der Waals surface area contributed by atoms with Crippen LogP contribution in [0.2, 0.25) is 5.02 Å². The molecular formula is C12H15ClFNO. The zero-order chi connectivity index (χ0) is 12.3. The van der Waals surface area contributed by atoms with Gasteiger partial charge in [0.2, 0.25) is 0 Å². The smallest absolute Gasteiger partial charge is 0.156 e. The highest BCUT2D eigenvalue weighted by atomic mass is 35.5. The number of hydrogen-bond acceptors (Lipinski definition) is 2. The van der Waals surface area contributed by atoms with Crippen LogP contribution in [0.1, 0.15) is 25.8 Å². The molecule has 88 valence electrons. The summed E-state index contributed by atoms with van der Waals surface area (Å²) in [6, 6.07) is 4.35. The van der Waals surface area contributed by atoms with E-state index in [0.29, 0.717) is 12.0 Å². The number of Topliss-reactive ketones (excluding diaryl/α,β-unsaturated/α-hetero) is 1. The molecule has 1 aromatic rings. The molecule has 0 aromatic heterocycles. The van der Waals surface area contributed by atoms with Crippen molar-refractivity contribution in [3.8, 4) is 0 Å². The topological polar surface area (TPSA) is 43.1 Å². The predicted molar refractivity (Wildman–Crippen MR) is 63.0 cm³/mol. The maximum absolute atomic E-state index is 13.1. The molecule has 0 bridgehead atoms. The van der Waals surface area contributed by atoms with Gasteiger partial charge < -0.3 is 5.73 Å². The number of halogens is 2. The summed E-state index contributed by atoms with van der Waals surface area (Å²) in [6.45, 7) is 3.53. The van der Waals surface area contributed by atoms with E-state index in [1.807, 2.05) is 6.92 Å². The van der Waals surface area contributed by atoms with Gasteiger partial charge in [0.05, 0.1) is 10.6 Å². The minimum Gasteiger partial charge on any atom is -0.319 e. The van der Waals surface area contributed by atoms with Crippen LogP contribution in [-0.2, 0) is 11.2 Å². The fourth-order valence-corrected chi connectivity index (χ4v) is 1.35. The van der Waals surface area contributed by atoms with Crippen molar-refractivity contribution in [1.82, 2.24) is 0 Å². The Hall–Kier alpha value is -0.930. The van der Waals surface area contributed by atoms with Gasteiger partial charge in [-0.2, -0.15) is 0 Å². The number of nitrogens with two attached hydrogens (primary N) is 1. The molecule has 0 spiro atoms. The zero-order valence-electron chi connectivity index (χ0n) is 9.39. The van der Waals surface area contributed by atoms with Crippen molar-refractivity contribution in [1.29, 1.82) is 0 Å². The van der Waals surface area contributed by atoms with Gasteiger partial charge in [-0.05, 0) is 31.0 Å². The minimum atomic E-state index is -0.851. The van der Waals surface area contributed by atoms with E-state index < -0.39 is 11.4 Å². The summed E-state index contributed by atoms with van der Waals surface area (Å²) in [5.41, 5.74) is 5.55. The lowest BCUT2D eigenvalue weighted by atomic mass is 9.90. The third kappa shape index (κ3) is 3.03. The molecule has 0 saturated carbocycles. The van der Waals surface area contributed by atoms with Crippen molar-refractivity contribution < 1.29 is 9.18 Å². The number of benzene rings is 1. The fraction of sp³-hybridized carbons (Fsp3) is 0.417. The molecule has 4 heteroatoms. The van der Waals surface area contributed by atoms with E-state index in [1.165, 1.54) is 12.1 Å². The molecule has 16 heavy (non-hydrogen) atoms. The molecule has 1 unspecified atom stereocenters. The summed E-state index contributed by atoms with van der Waals surface area (Å²) in [6.07, 6.45) is 0.691. The molecule has 0 saturated heterocycles. The standard InChI is InChI=1S/C12H15ClFNO/c1-3-12(2,15)11(16)7-8-4-5-9(13)10(14)6-8/h4-6H,3,7,15H2,1-2H3. The van der Waals surface area contributed by atoms with Gasteiger partial charge in [-0.1, -0.05) is 24.6 Å². The molecule has 0 aliphatic rings. The Labute approximate surface area is 99.6 Å². The van der Waals surface area contributed by atoms with Gasteiger partial charge >= 0.3 is 0 Å². The Kier molecular flexibility index (Phi) is 4.05. The predicted octanol–water partition coefficient (Wildman–Crippen LogP) is 2.72. The molecule has 0 amide bonds. The lowest BCUT2D eigenvalue weighted by Crippen LogP contribution is -2.45. The number of carbonyl (C=O) groups is 1. The van der Waals surface area contributed by atoms with Crippen molar-refractivity contribution >= 4 is 17.4 Å². The lowest BCUT2D eigenvalue weighted by molar-refractivity contribution is -0.123. The Morgan fingerprint density at radius 3 is 2.69 bits per heavy atom. The van der Waals surface area contributed by atoms with E-state index in [9.17, 15) is 9.18 Å². The summed E-state index contributed by atoms with van der Waals surface area (Å²) in [5.74, 6) is -0.612. The first-order chi connectivity index (χ1) is 7.36. The average molecular weight is 244 g/mol.